The molecule has 3 rings (SSSR count). The van der Waals surface area contributed by atoms with E-state index in [1.807, 2.05) is 45.0 Å². The van der Waals surface area contributed by atoms with Crippen molar-refractivity contribution < 1.29 is 28.7 Å². The normalized spacial score (nSPS) is 13.4. The molecular weight excluding hydrogens is 863 g/mol. The van der Waals surface area contributed by atoms with Gasteiger partial charge in [0, 0.05) is 30.0 Å². The molecule has 16 N–H and O–H groups in total. The number of nitrogens with two attached hydrogens (primary N) is 6. The van der Waals surface area contributed by atoms with Crippen molar-refractivity contribution in [1.82, 2.24) is 10.6 Å². The van der Waals surface area contributed by atoms with E-state index >= 15 is 0 Å². The summed E-state index contributed by atoms with van der Waals surface area (Å²) in [6.07, 6.45) is 10.1. The maximum Gasteiger partial charge on any atom is 0.255 e. The summed E-state index contributed by atoms with van der Waals surface area (Å²) >= 11 is 0. The molecule has 1 aliphatic carbocycles. The van der Waals surface area contributed by atoms with Crippen molar-refractivity contribution >= 4 is 40.7 Å². The van der Waals surface area contributed by atoms with Gasteiger partial charge < -0.3 is 65.1 Å². The average Bonchev–Trinajstić information content (AvgIpc) is 3.27. The van der Waals surface area contributed by atoms with Gasteiger partial charge >= 0.3 is 0 Å². The molecule has 68 heavy (non-hydrogen) atoms. The van der Waals surface area contributed by atoms with Crippen molar-refractivity contribution in [2.75, 3.05) is 51.0 Å². The Balaban J connectivity index is 0. The van der Waals surface area contributed by atoms with Crippen LogP contribution in [-0.4, -0.2) is 98.4 Å². The smallest absolute Gasteiger partial charge is 0.255 e. The first-order valence-electron chi connectivity index (χ1n) is 24.1. The quantitative estimate of drug-likeness (QED) is 0.0301. The van der Waals surface area contributed by atoms with Crippen molar-refractivity contribution in [2.24, 2.45) is 45.3 Å². The minimum absolute atomic E-state index is 0. The molecule has 17 heteroatoms. The van der Waals surface area contributed by atoms with Gasteiger partial charge in [0.15, 0.2) is 17.5 Å². The Bertz CT molecular complexity index is 1790. The van der Waals surface area contributed by atoms with Crippen LogP contribution in [0.2, 0.25) is 0 Å². The van der Waals surface area contributed by atoms with Crippen molar-refractivity contribution in [3.8, 4) is 11.5 Å². The van der Waals surface area contributed by atoms with Gasteiger partial charge in [0.1, 0.15) is 11.5 Å². The summed E-state index contributed by atoms with van der Waals surface area (Å²) in [5.74, 6) is 0.211. The van der Waals surface area contributed by atoms with Gasteiger partial charge in [0.25, 0.3) is 11.8 Å². The molecule has 1 saturated carbocycles. The first-order valence-corrected chi connectivity index (χ1v) is 24.1. The van der Waals surface area contributed by atoms with E-state index in [1.54, 1.807) is 39.8 Å². The number of guanidine groups is 1. The average molecular weight is 958 g/mol. The van der Waals surface area contributed by atoms with Crippen LogP contribution in [0.25, 0.3) is 0 Å². The van der Waals surface area contributed by atoms with Crippen LogP contribution in [0.4, 0.5) is 11.4 Å². The second kappa shape index (κ2) is 33.5. The number of carbonyl (C=O) groups is 4. The molecule has 1 aliphatic rings. The molecule has 1 fully saturated rings. The van der Waals surface area contributed by atoms with Gasteiger partial charge in [0.05, 0.1) is 48.0 Å². The third-order valence-electron chi connectivity index (χ3n) is 10.4. The van der Waals surface area contributed by atoms with Crippen LogP contribution in [0.5, 0.6) is 11.5 Å². The number of amides is 2. The summed E-state index contributed by atoms with van der Waals surface area (Å²) in [5.41, 5.74) is 32.9. The van der Waals surface area contributed by atoms with Crippen molar-refractivity contribution in [1.29, 1.82) is 0 Å². The van der Waals surface area contributed by atoms with Crippen LogP contribution >= 0.6 is 0 Å². The number of rotatable bonds is 24. The van der Waals surface area contributed by atoms with E-state index in [0.717, 1.165) is 43.5 Å². The zero-order chi connectivity index (χ0) is 51.4. The minimum atomic E-state index is -1.09. The van der Waals surface area contributed by atoms with Crippen LogP contribution in [0, 0.1) is 5.92 Å². The molecule has 0 aliphatic heterocycles. The number of hydrogen-bond acceptors (Lipinski definition) is 13. The van der Waals surface area contributed by atoms with E-state index in [0.29, 0.717) is 74.0 Å². The second-order valence-electron chi connectivity index (χ2n) is 18.6. The van der Waals surface area contributed by atoms with Gasteiger partial charge in [-0.25, -0.2) is 0 Å². The Labute approximate surface area is 410 Å². The van der Waals surface area contributed by atoms with Crippen LogP contribution in [0.3, 0.4) is 0 Å². The highest BCUT2D eigenvalue weighted by Gasteiger charge is 2.35. The Kier molecular flexibility index (Phi) is 32.1. The van der Waals surface area contributed by atoms with E-state index in [4.69, 9.17) is 38.1 Å². The molecule has 0 bridgehead atoms. The van der Waals surface area contributed by atoms with Crippen molar-refractivity contribution in [3.63, 3.8) is 0 Å². The first kappa shape index (κ1) is 65.1. The van der Waals surface area contributed by atoms with E-state index in [1.165, 1.54) is 33.4 Å². The highest BCUT2D eigenvalue weighted by atomic mass is 16.5. The molecule has 2 atom stereocenters. The van der Waals surface area contributed by atoms with E-state index in [-0.39, 0.29) is 36.4 Å². The summed E-state index contributed by atoms with van der Waals surface area (Å²) < 4.78 is 11.3. The largest absolute Gasteiger partial charge is 0.496 e. The molecule has 2 aromatic rings. The Morgan fingerprint density at radius 2 is 1.26 bits per heavy atom. The highest BCUT2D eigenvalue weighted by molar-refractivity contribution is 6.03. The number of ketones is 2. The van der Waals surface area contributed by atoms with Crippen LogP contribution in [-0.2, 0) is 9.59 Å². The predicted molar refractivity (Wildman–Crippen MR) is 284 cm³/mol. The summed E-state index contributed by atoms with van der Waals surface area (Å²) in [6.45, 7) is 21.0. The minimum Gasteiger partial charge on any atom is -0.496 e. The topological polar surface area (TPSA) is 303 Å². The fourth-order valence-electron chi connectivity index (χ4n) is 7.28. The predicted octanol–water partition coefficient (Wildman–Crippen LogP) is 6.60. The van der Waals surface area contributed by atoms with E-state index < -0.39 is 29.1 Å². The van der Waals surface area contributed by atoms with Crippen LogP contribution in [0.15, 0.2) is 41.4 Å². The van der Waals surface area contributed by atoms with E-state index in [9.17, 15) is 19.2 Å². The zero-order valence-electron chi connectivity index (χ0n) is 43.2. The SMILES string of the molecule is C.CC.CC(C)(C)Nc1ccc(OCCCCCN)c(C(=O)NC(CC2CCCCC2)C(=O)C(C)(C)N)c1.CCNc1ccc(OC)c(C(=O)NC(CCCN=C(N)N)C(=O)C(C)(C)N)c1.CN. The van der Waals surface area contributed by atoms with Crippen LogP contribution in [0.1, 0.15) is 168 Å². The molecule has 2 amide bonds. The lowest BCUT2D eigenvalue weighted by molar-refractivity contribution is -0.126. The molecular formula is C51H95N11O6. The second-order valence-corrected chi connectivity index (χ2v) is 18.6. The lowest BCUT2D eigenvalue weighted by Crippen LogP contribution is -2.54. The summed E-state index contributed by atoms with van der Waals surface area (Å²) in [5, 5.41) is 12.4. The molecule has 390 valence electrons. The Morgan fingerprint density at radius 3 is 1.78 bits per heavy atom. The number of hydrogen-bond donors (Lipinski definition) is 10. The van der Waals surface area contributed by atoms with Crippen molar-refractivity contribution in [3.05, 3.63) is 47.5 Å². The van der Waals surface area contributed by atoms with Gasteiger partial charge in [-0.15, -0.1) is 0 Å². The lowest BCUT2D eigenvalue weighted by Gasteiger charge is -2.30. The molecule has 2 unspecified atom stereocenters. The Morgan fingerprint density at radius 1 is 0.750 bits per heavy atom. The standard InChI is InChI=1S/C28H48N4O3.C19H32N6O3.C2H6.CH5N.CH4/c1-27(2,3)32-21-14-15-24(35-17-11-7-10-16-29)22(19-21)26(34)31-23(25(33)28(4,5)30)18-20-12-8-6-9-13-20;1-5-23-12-8-9-15(28-4)13(11-12)17(27)25-14(16(26)19(2,3)22)7-6-10-24-18(20)21;2*1-2;/h14-15,19-20,23,32H,6-13,16-18,29-30H2,1-5H3,(H,31,34);8-9,11,14,23H,5-7,10,22H2,1-4H3,(H,25,27)(H4,20,21,24);1-2H3;2H2,1H3;1H4. The third kappa shape index (κ3) is 25.4. The number of carbonyl (C=O) groups excluding carboxylic acids is 4. The number of unbranched alkanes of at least 4 members (excludes halogenated alkanes) is 2. The fourth-order valence-corrected chi connectivity index (χ4v) is 7.28. The molecule has 0 heterocycles. The van der Waals surface area contributed by atoms with Crippen molar-refractivity contribution in [2.45, 2.75) is 176 Å². The molecule has 0 aromatic heterocycles. The number of nitrogens with zero attached hydrogens (tertiary/aromatic N) is 1. The highest BCUT2D eigenvalue weighted by Crippen LogP contribution is 2.30. The summed E-state index contributed by atoms with van der Waals surface area (Å²) in [6, 6.07) is 9.38. The van der Waals surface area contributed by atoms with Gasteiger partial charge in [-0.1, -0.05) is 53.4 Å². The molecule has 0 spiro atoms. The maximum atomic E-state index is 13.6. The fraction of sp³-hybridized carbons (Fsp3) is 0.667. The number of aliphatic imine (C=N–C) groups is 1. The number of ether oxygens (including phenoxy) is 2. The van der Waals surface area contributed by atoms with Gasteiger partial charge in [-0.05, 0) is 150 Å². The number of benzene rings is 2. The monoisotopic (exact) mass is 958 g/mol. The van der Waals surface area contributed by atoms with Gasteiger partial charge in [-0.2, -0.15) is 0 Å². The number of anilines is 2. The molecule has 2 aromatic carbocycles. The lowest BCUT2D eigenvalue weighted by atomic mass is 9.81. The molecule has 17 nitrogen and oxygen atoms in total. The summed E-state index contributed by atoms with van der Waals surface area (Å²) in [4.78, 5) is 56.3. The van der Waals surface area contributed by atoms with Gasteiger partial charge in [-0.3, -0.25) is 24.2 Å². The van der Waals surface area contributed by atoms with Crippen LogP contribution < -0.4 is 65.1 Å². The Hall–Kier alpha value is -4.97. The zero-order valence-corrected chi connectivity index (χ0v) is 43.2. The number of Topliss-reactive ketones (excluding diaryl/α,β-unsaturated/α-hetero) is 2. The van der Waals surface area contributed by atoms with E-state index in [2.05, 4.69) is 52.8 Å². The maximum absolute atomic E-state index is 13.6. The first-order chi connectivity index (χ1) is 31.5. The summed E-state index contributed by atoms with van der Waals surface area (Å²) in [7, 11) is 2.99. The number of methoxy groups -OCH3 is 1. The molecule has 0 radical (unpaired) electrons. The van der Waals surface area contributed by atoms with Gasteiger partial charge in [0.2, 0.25) is 0 Å². The third-order valence-corrected chi connectivity index (χ3v) is 10.4. The molecule has 0 saturated heterocycles. The number of nitrogens with one attached hydrogen (secondary N) is 4.